The van der Waals surface area contributed by atoms with Crippen molar-refractivity contribution in [3.63, 3.8) is 0 Å². The summed E-state index contributed by atoms with van der Waals surface area (Å²) in [5.74, 6) is 0.696. The molecule has 160 valence electrons. The predicted molar refractivity (Wildman–Crippen MR) is 117 cm³/mol. The first-order valence-corrected chi connectivity index (χ1v) is 10.6. The fraction of sp³-hybridized carbons (Fsp3) is 0.478. The highest BCUT2D eigenvalue weighted by Gasteiger charge is 2.16. The van der Waals surface area contributed by atoms with Crippen LogP contribution in [0.2, 0.25) is 0 Å². The highest BCUT2D eigenvalue weighted by molar-refractivity contribution is 5.97. The normalized spacial score (nSPS) is 14.7. The molecule has 1 aromatic heterocycles. The van der Waals surface area contributed by atoms with Gasteiger partial charge in [0.15, 0.2) is 0 Å². The van der Waals surface area contributed by atoms with Crippen molar-refractivity contribution in [3.05, 3.63) is 52.6 Å². The maximum absolute atomic E-state index is 12.6. The van der Waals surface area contributed by atoms with Crippen LogP contribution in [0.3, 0.4) is 0 Å². The van der Waals surface area contributed by atoms with Gasteiger partial charge in [-0.1, -0.05) is 26.3 Å². The number of fused-ring (bicyclic) bond motifs is 1. The lowest BCUT2D eigenvalue weighted by molar-refractivity contribution is -0.117. The van der Waals surface area contributed by atoms with Gasteiger partial charge in [-0.2, -0.15) is 0 Å². The summed E-state index contributed by atoms with van der Waals surface area (Å²) >= 11 is 0. The monoisotopic (exact) mass is 409 g/mol. The van der Waals surface area contributed by atoms with Crippen LogP contribution in [0.25, 0.3) is 0 Å². The minimum absolute atomic E-state index is 0.0295. The summed E-state index contributed by atoms with van der Waals surface area (Å²) in [6.45, 7) is 8.14. The molecular weight excluding hydrogens is 378 g/mol. The van der Waals surface area contributed by atoms with Crippen molar-refractivity contribution in [2.24, 2.45) is 5.92 Å². The van der Waals surface area contributed by atoms with Gasteiger partial charge in [-0.3, -0.25) is 9.59 Å². The fourth-order valence-corrected chi connectivity index (χ4v) is 3.41. The summed E-state index contributed by atoms with van der Waals surface area (Å²) in [6.07, 6.45) is 4.18. The number of carbonyl (C=O) groups excluding carboxylic acids is 2. The van der Waals surface area contributed by atoms with E-state index in [0.717, 1.165) is 42.8 Å². The van der Waals surface area contributed by atoms with E-state index in [-0.39, 0.29) is 18.4 Å². The van der Waals surface area contributed by atoms with E-state index in [1.165, 1.54) is 0 Å². The second-order valence-electron chi connectivity index (χ2n) is 8.22. The van der Waals surface area contributed by atoms with Gasteiger partial charge in [0, 0.05) is 54.6 Å². The van der Waals surface area contributed by atoms with Crippen molar-refractivity contribution in [3.8, 4) is 0 Å². The molecule has 0 radical (unpaired) electrons. The van der Waals surface area contributed by atoms with Gasteiger partial charge in [-0.15, -0.1) is 0 Å². The van der Waals surface area contributed by atoms with Crippen LogP contribution >= 0.6 is 0 Å². The van der Waals surface area contributed by atoms with E-state index in [9.17, 15) is 9.59 Å². The number of hydrogen-bond donors (Lipinski definition) is 2. The molecule has 2 amide bonds. The Morgan fingerprint density at radius 3 is 2.87 bits per heavy atom. The van der Waals surface area contributed by atoms with Gasteiger partial charge in [0.2, 0.25) is 5.91 Å². The van der Waals surface area contributed by atoms with Crippen LogP contribution in [-0.2, 0) is 24.3 Å². The van der Waals surface area contributed by atoms with E-state index in [1.54, 1.807) is 12.1 Å². The van der Waals surface area contributed by atoms with Crippen molar-refractivity contribution >= 4 is 17.5 Å². The third kappa shape index (κ3) is 5.63. The molecular formula is C23H31N5O2. The average molecular weight is 410 g/mol. The maximum atomic E-state index is 12.6. The van der Waals surface area contributed by atoms with Gasteiger partial charge in [-0.25, -0.2) is 9.97 Å². The number of aromatic nitrogens is 2. The molecule has 0 aliphatic carbocycles. The van der Waals surface area contributed by atoms with E-state index >= 15 is 0 Å². The lowest BCUT2D eigenvalue weighted by Gasteiger charge is -2.23. The van der Waals surface area contributed by atoms with Gasteiger partial charge >= 0.3 is 0 Å². The van der Waals surface area contributed by atoms with Gasteiger partial charge < -0.3 is 15.5 Å². The van der Waals surface area contributed by atoms with Crippen LogP contribution in [0, 0.1) is 12.8 Å². The van der Waals surface area contributed by atoms with E-state index in [4.69, 9.17) is 0 Å². The first kappa shape index (κ1) is 21.9. The molecule has 0 spiro atoms. The van der Waals surface area contributed by atoms with Crippen molar-refractivity contribution in [1.82, 2.24) is 20.2 Å². The average Bonchev–Trinajstić information content (AvgIpc) is 2.73. The lowest BCUT2D eigenvalue weighted by Crippen LogP contribution is -2.29. The molecule has 2 N–H and O–H groups in total. The van der Waals surface area contributed by atoms with Gasteiger partial charge in [0.25, 0.3) is 5.91 Å². The number of nitrogens with one attached hydrogen (secondary N) is 2. The summed E-state index contributed by atoms with van der Waals surface area (Å²) < 4.78 is 0. The summed E-state index contributed by atoms with van der Waals surface area (Å²) in [7, 11) is 2.08. The number of anilines is 1. The Kier molecular flexibility index (Phi) is 7.15. The first-order valence-electron chi connectivity index (χ1n) is 10.6. The molecule has 1 aliphatic heterocycles. The Bertz CT molecular complexity index is 928. The lowest BCUT2D eigenvalue weighted by atomic mass is 10.0. The Morgan fingerprint density at radius 1 is 1.30 bits per heavy atom. The first-order chi connectivity index (χ1) is 14.4. The molecule has 0 saturated carbocycles. The number of carbonyl (C=O) groups is 2. The van der Waals surface area contributed by atoms with Crippen LogP contribution in [0.5, 0.6) is 0 Å². The fourth-order valence-electron chi connectivity index (χ4n) is 3.41. The molecule has 1 atom stereocenters. The molecule has 30 heavy (non-hydrogen) atoms. The van der Waals surface area contributed by atoms with Crippen LogP contribution in [-0.4, -0.2) is 40.3 Å². The number of aryl methyl sites for hydroxylation is 1. The number of benzene rings is 1. The Hall–Kier alpha value is -2.80. The molecule has 7 nitrogen and oxygen atoms in total. The second-order valence-corrected chi connectivity index (χ2v) is 8.22. The van der Waals surface area contributed by atoms with Crippen molar-refractivity contribution in [2.75, 3.05) is 18.9 Å². The zero-order valence-electron chi connectivity index (χ0n) is 18.3. The molecule has 7 heteroatoms. The zero-order valence-corrected chi connectivity index (χ0v) is 18.3. The highest BCUT2D eigenvalue weighted by atomic mass is 16.2. The smallest absolute Gasteiger partial charge is 0.251 e. The van der Waals surface area contributed by atoms with Gasteiger partial charge in [-0.05, 0) is 37.6 Å². The summed E-state index contributed by atoms with van der Waals surface area (Å²) in [5, 5.41) is 5.82. The predicted octanol–water partition coefficient (Wildman–Crippen LogP) is 3.08. The quantitative estimate of drug-likeness (QED) is 0.734. The second kappa shape index (κ2) is 9.80. The Balaban J connectivity index is 1.62. The third-order valence-corrected chi connectivity index (χ3v) is 5.59. The summed E-state index contributed by atoms with van der Waals surface area (Å²) in [6, 6.07) is 5.33. The molecule has 1 unspecified atom stereocenters. The van der Waals surface area contributed by atoms with Gasteiger partial charge in [0.1, 0.15) is 5.82 Å². The minimum atomic E-state index is -0.214. The van der Waals surface area contributed by atoms with E-state index in [1.807, 2.05) is 19.2 Å². The summed E-state index contributed by atoms with van der Waals surface area (Å²) in [4.78, 5) is 36.1. The zero-order chi connectivity index (χ0) is 21.7. The van der Waals surface area contributed by atoms with Gasteiger partial charge in [0.05, 0.1) is 6.54 Å². The number of hydrogen-bond acceptors (Lipinski definition) is 5. The van der Waals surface area contributed by atoms with E-state index < -0.39 is 0 Å². The third-order valence-electron chi connectivity index (χ3n) is 5.59. The van der Waals surface area contributed by atoms with Crippen molar-refractivity contribution in [1.29, 1.82) is 0 Å². The van der Waals surface area contributed by atoms with E-state index in [2.05, 4.69) is 46.4 Å². The maximum Gasteiger partial charge on any atom is 0.251 e. The molecule has 0 saturated heterocycles. The van der Waals surface area contributed by atoms with E-state index in [0.29, 0.717) is 29.4 Å². The van der Waals surface area contributed by atoms with Crippen LogP contribution in [0.1, 0.15) is 59.7 Å². The molecule has 1 aliphatic rings. The molecule has 0 bridgehead atoms. The largest absolute Gasteiger partial charge is 0.345 e. The van der Waals surface area contributed by atoms with Crippen LogP contribution < -0.4 is 10.6 Å². The Labute approximate surface area is 178 Å². The SMILES string of the molecule is CCC(C)CC(=O)Nc1cc(C(=O)NCc2ncc3c(n2)CCN(C)C3)ccc1C. The minimum Gasteiger partial charge on any atom is -0.345 e. The molecule has 2 aromatic rings. The van der Waals surface area contributed by atoms with Crippen molar-refractivity contribution in [2.45, 2.75) is 53.1 Å². The molecule has 3 rings (SSSR count). The number of likely N-dealkylation sites (N-methyl/N-ethyl adjacent to an activating group) is 1. The van der Waals surface area contributed by atoms with Crippen LogP contribution in [0.4, 0.5) is 5.69 Å². The summed E-state index contributed by atoms with van der Waals surface area (Å²) in [5.41, 5.74) is 4.31. The standard InChI is InChI=1S/C23H31N5O2/c1-5-15(2)10-22(29)27-20-11-17(7-6-16(20)3)23(30)25-13-21-24-12-18-14-28(4)9-8-19(18)26-21/h6-7,11-12,15H,5,8-10,13-14H2,1-4H3,(H,25,30)(H,27,29). The van der Waals surface area contributed by atoms with Crippen LogP contribution in [0.15, 0.2) is 24.4 Å². The highest BCUT2D eigenvalue weighted by Crippen LogP contribution is 2.19. The molecule has 1 aromatic carbocycles. The number of rotatable bonds is 7. The number of nitrogens with zero attached hydrogens (tertiary/aromatic N) is 3. The Morgan fingerprint density at radius 2 is 2.10 bits per heavy atom. The number of amides is 2. The molecule has 0 fully saturated rings. The van der Waals surface area contributed by atoms with Crippen molar-refractivity contribution < 1.29 is 9.59 Å². The topological polar surface area (TPSA) is 87.2 Å². The molecule has 2 heterocycles.